The molecule has 27 heavy (non-hydrogen) atoms. The van der Waals surface area contributed by atoms with E-state index in [-0.39, 0.29) is 11.9 Å². The number of nitrogens with zero attached hydrogens (tertiary/aromatic N) is 2. The van der Waals surface area contributed by atoms with Crippen molar-refractivity contribution in [3.63, 3.8) is 0 Å². The number of hydrogen-bond acceptors (Lipinski definition) is 4. The van der Waals surface area contributed by atoms with Gasteiger partial charge in [0.1, 0.15) is 17.9 Å². The summed E-state index contributed by atoms with van der Waals surface area (Å²) in [6.45, 7) is 11.2. The van der Waals surface area contributed by atoms with Crippen molar-refractivity contribution in [3.05, 3.63) is 42.0 Å². The fourth-order valence-corrected chi connectivity index (χ4v) is 3.61. The average molecular weight is 371 g/mol. The summed E-state index contributed by atoms with van der Waals surface area (Å²) < 4.78 is 5.61. The molecule has 2 aliphatic heterocycles. The van der Waals surface area contributed by atoms with E-state index in [9.17, 15) is 9.59 Å². The Balaban J connectivity index is 1.65. The molecule has 0 saturated carbocycles. The highest BCUT2D eigenvalue weighted by Crippen LogP contribution is 2.30. The van der Waals surface area contributed by atoms with Gasteiger partial charge in [-0.2, -0.15) is 0 Å². The van der Waals surface area contributed by atoms with E-state index in [2.05, 4.69) is 16.8 Å². The molecule has 1 aromatic rings. The quantitative estimate of drug-likeness (QED) is 0.591. The molecule has 1 atom stereocenters. The predicted molar refractivity (Wildman–Crippen MR) is 105 cm³/mol. The van der Waals surface area contributed by atoms with Crippen LogP contribution < -0.4 is 10.1 Å². The van der Waals surface area contributed by atoms with Crippen molar-refractivity contribution < 1.29 is 14.3 Å². The summed E-state index contributed by atoms with van der Waals surface area (Å²) in [6.07, 6.45) is 3.65. The smallest absolute Gasteiger partial charge is 0.325 e. The normalized spacial score (nSPS) is 23.4. The molecule has 146 valence electrons. The van der Waals surface area contributed by atoms with E-state index in [1.165, 1.54) is 24.2 Å². The van der Waals surface area contributed by atoms with Crippen LogP contribution in [0, 0.1) is 0 Å². The van der Waals surface area contributed by atoms with Crippen molar-refractivity contribution in [1.29, 1.82) is 0 Å². The molecular weight excluding hydrogens is 342 g/mol. The topological polar surface area (TPSA) is 61.9 Å². The van der Waals surface area contributed by atoms with Crippen LogP contribution in [0.4, 0.5) is 4.79 Å². The zero-order valence-electron chi connectivity index (χ0n) is 16.3. The predicted octanol–water partition coefficient (Wildman–Crippen LogP) is 2.89. The second-order valence-corrected chi connectivity index (χ2v) is 7.68. The van der Waals surface area contributed by atoms with Crippen molar-refractivity contribution in [3.8, 4) is 5.75 Å². The van der Waals surface area contributed by atoms with Gasteiger partial charge in [0.25, 0.3) is 5.91 Å². The highest BCUT2D eigenvalue weighted by atomic mass is 16.5. The van der Waals surface area contributed by atoms with Crippen molar-refractivity contribution in [1.82, 2.24) is 15.1 Å². The van der Waals surface area contributed by atoms with Gasteiger partial charge in [0.2, 0.25) is 0 Å². The summed E-state index contributed by atoms with van der Waals surface area (Å²) >= 11 is 0. The highest BCUT2D eigenvalue weighted by Gasteiger charge is 2.48. The Labute approximate surface area is 161 Å². The number of ether oxygens (including phenoxy) is 1. The minimum atomic E-state index is -1.04. The van der Waals surface area contributed by atoms with E-state index in [0.717, 1.165) is 30.8 Å². The van der Waals surface area contributed by atoms with Gasteiger partial charge in [-0.25, -0.2) is 4.79 Å². The van der Waals surface area contributed by atoms with Gasteiger partial charge in [-0.1, -0.05) is 25.1 Å². The molecule has 1 unspecified atom stereocenters. The number of amides is 3. The molecular formula is C21H29N3O3. The number of nitrogens with one attached hydrogen (secondary N) is 1. The fourth-order valence-electron chi connectivity index (χ4n) is 3.61. The molecule has 2 aliphatic rings. The Morgan fingerprint density at radius 2 is 1.81 bits per heavy atom. The second kappa shape index (κ2) is 8.13. The lowest BCUT2D eigenvalue weighted by Crippen LogP contribution is -2.42. The molecule has 2 fully saturated rings. The summed E-state index contributed by atoms with van der Waals surface area (Å²) in [4.78, 5) is 29.1. The Morgan fingerprint density at radius 1 is 1.15 bits per heavy atom. The van der Waals surface area contributed by atoms with Crippen LogP contribution in [0.25, 0.3) is 0 Å². The highest BCUT2D eigenvalue weighted by molar-refractivity contribution is 6.07. The lowest BCUT2D eigenvalue weighted by molar-refractivity contribution is -0.131. The maximum atomic E-state index is 13.0. The molecule has 0 aliphatic carbocycles. The first-order valence-corrected chi connectivity index (χ1v) is 9.64. The monoisotopic (exact) mass is 371 g/mol. The van der Waals surface area contributed by atoms with Crippen LogP contribution in [-0.4, -0.2) is 54.5 Å². The Kier molecular flexibility index (Phi) is 5.85. The first-order valence-electron chi connectivity index (χ1n) is 9.64. The third-order valence-electron chi connectivity index (χ3n) is 5.28. The second-order valence-electron chi connectivity index (χ2n) is 7.68. The van der Waals surface area contributed by atoms with Gasteiger partial charge in [0, 0.05) is 13.1 Å². The average Bonchev–Trinajstić information content (AvgIpc) is 2.89. The van der Waals surface area contributed by atoms with Crippen LogP contribution in [0.3, 0.4) is 0 Å². The lowest BCUT2D eigenvalue weighted by atomic mass is 9.92. The number of carbonyl (C=O) groups excluding carboxylic acids is 2. The van der Waals surface area contributed by atoms with Gasteiger partial charge in [-0.3, -0.25) is 9.69 Å². The standard InChI is InChI=1S/C21H29N3O3/c1-16(2)15-27-18-9-7-17(8-10-18)21(3)19(25)24(20(26)22-21)14-13-23-11-5-4-6-12-23/h7-10H,1,4-6,11-15H2,2-3H3,(H,22,26). The van der Waals surface area contributed by atoms with E-state index in [4.69, 9.17) is 4.74 Å². The van der Waals surface area contributed by atoms with E-state index in [1.807, 2.05) is 31.2 Å². The summed E-state index contributed by atoms with van der Waals surface area (Å²) in [5.41, 5.74) is 0.656. The van der Waals surface area contributed by atoms with E-state index in [0.29, 0.717) is 18.9 Å². The minimum absolute atomic E-state index is 0.194. The Morgan fingerprint density at radius 3 is 2.44 bits per heavy atom. The molecule has 6 heteroatoms. The van der Waals surface area contributed by atoms with Gasteiger partial charge in [-0.15, -0.1) is 0 Å². The van der Waals surface area contributed by atoms with Crippen LogP contribution in [0.1, 0.15) is 38.7 Å². The summed E-state index contributed by atoms with van der Waals surface area (Å²) in [7, 11) is 0. The van der Waals surface area contributed by atoms with Crippen LogP contribution in [0.2, 0.25) is 0 Å². The van der Waals surface area contributed by atoms with Crippen LogP contribution in [-0.2, 0) is 10.3 Å². The summed E-state index contributed by atoms with van der Waals surface area (Å²) in [6, 6.07) is 6.99. The molecule has 1 aromatic carbocycles. The summed E-state index contributed by atoms with van der Waals surface area (Å²) in [5, 5.41) is 2.87. The zero-order chi connectivity index (χ0) is 19.4. The number of urea groups is 1. The van der Waals surface area contributed by atoms with Gasteiger partial charge in [0.05, 0.1) is 0 Å². The molecule has 0 aromatic heterocycles. The minimum Gasteiger partial charge on any atom is -0.489 e. The van der Waals surface area contributed by atoms with Crippen molar-refractivity contribution >= 4 is 11.9 Å². The first kappa shape index (κ1) is 19.4. The number of benzene rings is 1. The molecule has 0 radical (unpaired) electrons. The number of imide groups is 1. The maximum Gasteiger partial charge on any atom is 0.325 e. The summed E-state index contributed by atoms with van der Waals surface area (Å²) in [5.74, 6) is 0.518. The largest absolute Gasteiger partial charge is 0.489 e. The van der Waals surface area contributed by atoms with Gasteiger partial charge in [-0.05, 0) is 63.0 Å². The Bertz CT molecular complexity index is 710. The first-order chi connectivity index (χ1) is 12.9. The van der Waals surface area contributed by atoms with E-state index in [1.54, 1.807) is 6.92 Å². The van der Waals surface area contributed by atoms with Gasteiger partial charge < -0.3 is 15.0 Å². The molecule has 1 N–H and O–H groups in total. The van der Waals surface area contributed by atoms with E-state index >= 15 is 0 Å². The fraction of sp³-hybridized carbons (Fsp3) is 0.524. The molecule has 3 rings (SSSR count). The molecule has 0 spiro atoms. The molecule has 6 nitrogen and oxygen atoms in total. The van der Waals surface area contributed by atoms with Crippen molar-refractivity contribution in [2.45, 2.75) is 38.6 Å². The van der Waals surface area contributed by atoms with Crippen molar-refractivity contribution in [2.75, 3.05) is 32.8 Å². The number of piperidine rings is 1. The van der Waals surface area contributed by atoms with Crippen LogP contribution in [0.5, 0.6) is 5.75 Å². The molecule has 3 amide bonds. The van der Waals surface area contributed by atoms with Crippen LogP contribution in [0.15, 0.2) is 36.4 Å². The molecule has 2 saturated heterocycles. The van der Waals surface area contributed by atoms with E-state index < -0.39 is 5.54 Å². The third kappa shape index (κ3) is 4.33. The number of likely N-dealkylation sites (tertiary alicyclic amines) is 1. The molecule has 0 bridgehead atoms. The van der Waals surface area contributed by atoms with Crippen LogP contribution >= 0.6 is 0 Å². The Hall–Kier alpha value is -2.34. The van der Waals surface area contributed by atoms with Crippen molar-refractivity contribution in [2.24, 2.45) is 0 Å². The number of rotatable bonds is 7. The van der Waals surface area contributed by atoms with Gasteiger partial charge in [0.15, 0.2) is 0 Å². The molecule has 2 heterocycles. The SMILES string of the molecule is C=C(C)COc1ccc(C2(C)NC(=O)N(CCN3CCCCC3)C2=O)cc1. The zero-order valence-corrected chi connectivity index (χ0v) is 16.3. The maximum absolute atomic E-state index is 13.0. The number of carbonyl (C=O) groups is 2. The number of hydrogen-bond donors (Lipinski definition) is 1. The van der Waals surface area contributed by atoms with Gasteiger partial charge >= 0.3 is 6.03 Å². The lowest BCUT2D eigenvalue weighted by Gasteiger charge is -2.28. The third-order valence-corrected chi connectivity index (χ3v) is 5.28.